The Kier molecular flexibility index (Phi) is 4.95. The van der Waals surface area contributed by atoms with Crippen LogP contribution < -0.4 is 5.32 Å². The first-order chi connectivity index (χ1) is 11.1. The van der Waals surface area contributed by atoms with Gasteiger partial charge in [-0.25, -0.2) is 0 Å². The molecule has 6 heteroatoms. The maximum atomic E-state index is 12.1. The summed E-state index contributed by atoms with van der Waals surface area (Å²) in [7, 11) is 0. The number of benzene rings is 1. The third kappa shape index (κ3) is 4.10. The van der Waals surface area contributed by atoms with Crippen LogP contribution in [0.2, 0.25) is 0 Å². The summed E-state index contributed by atoms with van der Waals surface area (Å²) in [6.07, 6.45) is -0.608. The summed E-state index contributed by atoms with van der Waals surface area (Å²) in [6.45, 7) is 5.74. The number of β-amino-alcohol motifs (C(OH)–C–C–N with tert-alkyl or cyclic N) is 1. The van der Waals surface area contributed by atoms with Gasteiger partial charge in [0, 0.05) is 31.6 Å². The summed E-state index contributed by atoms with van der Waals surface area (Å²) in [5, 5.41) is 13.7. The molecule has 1 aliphatic rings. The number of ether oxygens (including phenoxy) is 1. The largest absolute Gasteiger partial charge is 0.451 e. The molecule has 3 rings (SSSR count). The predicted molar refractivity (Wildman–Crippen MR) is 86.6 cm³/mol. The van der Waals surface area contributed by atoms with Gasteiger partial charge in [-0.1, -0.05) is 11.6 Å². The van der Waals surface area contributed by atoms with E-state index in [0.717, 1.165) is 24.0 Å². The van der Waals surface area contributed by atoms with Crippen molar-refractivity contribution in [1.29, 1.82) is 0 Å². The van der Waals surface area contributed by atoms with Crippen LogP contribution in [0.3, 0.4) is 0 Å². The summed E-state index contributed by atoms with van der Waals surface area (Å²) in [5.74, 6) is -0.0379. The molecule has 0 spiro atoms. The number of aliphatic hydroxyl groups excluding tert-OH is 1. The van der Waals surface area contributed by atoms with Gasteiger partial charge in [-0.15, -0.1) is 0 Å². The summed E-state index contributed by atoms with van der Waals surface area (Å²) in [6, 6.07) is 7.50. The van der Waals surface area contributed by atoms with E-state index in [2.05, 4.69) is 10.2 Å². The summed E-state index contributed by atoms with van der Waals surface area (Å²) in [5.41, 5.74) is 1.81. The number of carbonyl (C=O) groups is 1. The highest BCUT2D eigenvalue weighted by atomic mass is 16.5. The van der Waals surface area contributed by atoms with Gasteiger partial charge in [0.05, 0.1) is 19.3 Å². The van der Waals surface area contributed by atoms with E-state index in [-0.39, 0.29) is 18.2 Å². The first-order valence-corrected chi connectivity index (χ1v) is 7.88. The predicted octanol–water partition coefficient (Wildman–Crippen LogP) is 1.16. The standard InChI is InChI=1S/C17H22N2O4/c1-12-2-3-15-13(8-12)9-16(23-15)17(21)18-10-14(20)11-19-4-6-22-7-5-19/h2-3,8-9,14,20H,4-7,10-11H2,1H3,(H,18,21). The summed E-state index contributed by atoms with van der Waals surface area (Å²) < 4.78 is 10.8. The molecule has 124 valence electrons. The smallest absolute Gasteiger partial charge is 0.287 e. The van der Waals surface area contributed by atoms with Crippen LogP contribution in [0.5, 0.6) is 0 Å². The number of amides is 1. The maximum absolute atomic E-state index is 12.1. The normalized spacial score (nSPS) is 17.3. The molecule has 0 saturated carbocycles. The van der Waals surface area contributed by atoms with Crippen LogP contribution in [0.25, 0.3) is 11.0 Å². The molecule has 0 bridgehead atoms. The minimum absolute atomic E-state index is 0.201. The lowest BCUT2D eigenvalue weighted by Gasteiger charge is -2.28. The number of rotatable bonds is 5. The third-order valence-corrected chi connectivity index (χ3v) is 3.97. The molecule has 1 atom stereocenters. The highest BCUT2D eigenvalue weighted by Crippen LogP contribution is 2.20. The Balaban J connectivity index is 1.53. The molecule has 23 heavy (non-hydrogen) atoms. The van der Waals surface area contributed by atoms with E-state index in [0.29, 0.717) is 25.3 Å². The fourth-order valence-electron chi connectivity index (χ4n) is 2.72. The van der Waals surface area contributed by atoms with Crippen molar-refractivity contribution in [3.05, 3.63) is 35.6 Å². The minimum Gasteiger partial charge on any atom is -0.451 e. The maximum Gasteiger partial charge on any atom is 0.287 e. The van der Waals surface area contributed by atoms with Gasteiger partial charge in [0.1, 0.15) is 5.58 Å². The Bertz CT molecular complexity index is 676. The summed E-state index contributed by atoms with van der Waals surface area (Å²) in [4.78, 5) is 14.3. The molecule has 2 aromatic rings. The second-order valence-electron chi connectivity index (χ2n) is 5.93. The van der Waals surface area contributed by atoms with Gasteiger partial charge in [-0.2, -0.15) is 0 Å². The first-order valence-electron chi connectivity index (χ1n) is 7.88. The molecule has 2 N–H and O–H groups in total. The van der Waals surface area contributed by atoms with Gasteiger partial charge in [0.25, 0.3) is 5.91 Å². The number of nitrogens with one attached hydrogen (secondary N) is 1. The Morgan fingerprint density at radius 3 is 2.91 bits per heavy atom. The van der Waals surface area contributed by atoms with Gasteiger partial charge >= 0.3 is 0 Å². The second-order valence-corrected chi connectivity index (χ2v) is 5.93. The van der Waals surface area contributed by atoms with Crippen molar-refractivity contribution >= 4 is 16.9 Å². The molecule has 1 saturated heterocycles. The monoisotopic (exact) mass is 318 g/mol. The Morgan fingerprint density at radius 1 is 1.35 bits per heavy atom. The van der Waals surface area contributed by atoms with Crippen LogP contribution >= 0.6 is 0 Å². The Hall–Kier alpha value is -1.89. The molecular weight excluding hydrogens is 296 g/mol. The van der Waals surface area contributed by atoms with Crippen LogP contribution in [0.1, 0.15) is 16.1 Å². The molecule has 1 fully saturated rings. The van der Waals surface area contributed by atoms with Crippen LogP contribution in [-0.4, -0.2) is 61.4 Å². The fraction of sp³-hybridized carbons (Fsp3) is 0.471. The van der Waals surface area contributed by atoms with Gasteiger partial charge in [-0.3, -0.25) is 9.69 Å². The number of morpholine rings is 1. The summed E-state index contributed by atoms with van der Waals surface area (Å²) >= 11 is 0. The zero-order chi connectivity index (χ0) is 16.2. The second kappa shape index (κ2) is 7.12. The number of fused-ring (bicyclic) bond motifs is 1. The number of aryl methyl sites for hydroxylation is 1. The molecule has 0 aliphatic carbocycles. The van der Waals surface area contributed by atoms with Gasteiger partial charge < -0.3 is 19.6 Å². The Labute approximate surface area is 135 Å². The average Bonchev–Trinajstić information content (AvgIpc) is 2.96. The number of furan rings is 1. The molecule has 1 aromatic carbocycles. The highest BCUT2D eigenvalue weighted by molar-refractivity contribution is 5.96. The average molecular weight is 318 g/mol. The van der Waals surface area contributed by atoms with Crippen molar-refractivity contribution in [2.45, 2.75) is 13.0 Å². The SMILES string of the molecule is Cc1ccc2oc(C(=O)NCC(O)CN3CCOCC3)cc2c1. The zero-order valence-corrected chi connectivity index (χ0v) is 13.2. The minimum atomic E-state index is -0.608. The molecule has 1 amide bonds. The van der Waals surface area contributed by atoms with Crippen molar-refractivity contribution in [3.8, 4) is 0 Å². The van der Waals surface area contributed by atoms with Gasteiger partial charge in [-0.05, 0) is 25.1 Å². The van der Waals surface area contributed by atoms with E-state index in [1.54, 1.807) is 6.07 Å². The number of hydrogen-bond acceptors (Lipinski definition) is 5. The lowest BCUT2D eigenvalue weighted by atomic mass is 10.2. The van der Waals surface area contributed by atoms with E-state index < -0.39 is 6.10 Å². The van der Waals surface area contributed by atoms with Crippen LogP contribution in [0, 0.1) is 6.92 Å². The van der Waals surface area contributed by atoms with Crippen molar-refractivity contribution < 1.29 is 19.1 Å². The molecule has 0 radical (unpaired) electrons. The zero-order valence-electron chi connectivity index (χ0n) is 13.2. The molecule has 2 heterocycles. The molecular formula is C17H22N2O4. The van der Waals surface area contributed by atoms with Gasteiger partial charge in [0.15, 0.2) is 5.76 Å². The highest BCUT2D eigenvalue weighted by Gasteiger charge is 2.17. The van der Waals surface area contributed by atoms with Gasteiger partial charge in [0.2, 0.25) is 0 Å². The van der Waals surface area contributed by atoms with E-state index in [9.17, 15) is 9.90 Å². The van der Waals surface area contributed by atoms with Crippen LogP contribution in [0.4, 0.5) is 0 Å². The number of nitrogens with zero attached hydrogens (tertiary/aromatic N) is 1. The van der Waals surface area contributed by atoms with E-state index in [1.807, 2.05) is 25.1 Å². The molecule has 6 nitrogen and oxygen atoms in total. The topological polar surface area (TPSA) is 74.9 Å². The fourth-order valence-corrected chi connectivity index (χ4v) is 2.72. The van der Waals surface area contributed by atoms with Crippen molar-refractivity contribution in [2.75, 3.05) is 39.4 Å². The lowest BCUT2D eigenvalue weighted by molar-refractivity contribution is 0.0148. The third-order valence-electron chi connectivity index (χ3n) is 3.97. The molecule has 1 aromatic heterocycles. The quantitative estimate of drug-likeness (QED) is 0.865. The molecule has 1 unspecified atom stereocenters. The lowest BCUT2D eigenvalue weighted by Crippen LogP contribution is -2.44. The van der Waals surface area contributed by atoms with E-state index in [1.165, 1.54) is 0 Å². The van der Waals surface area contributed by atoms with Crippen LogP contribution in [-0.2, 0) is 4.74 Å². The van der Waals surface area contributed by atoms with Crippen LogP contribution in [0.15, 0.2) is 28.7 Å². The van der Waals surface area contributed by atoms with E-state index >= 15 is 0 Å². The van der Waals surface area contributed by atoms with E-state index in [4.69, 9.17) is 9.15 Å². The Morgan fingerprint density at radius 2 is 2.13 bits per heavy atom. The number of hydrogen-bond donors (Lipinski definition) is 2. The molecule has 1 aliphatic heterocycles. The first kappa shape index (κ1) is 16.0. The van der Waals surface area contributed by atoms with Crippen molar-refractivity contribution in [3.63, 3.8) is 0 Å². The van der Waals surface area contributed by atoms with Crippen molar-refractivity contribution in [1.82, 2.24) is 10.2 Å². The number of carbonyl (C=O) groups excluding carboxylic acids is 1. The van der Waals surface area contributed by atoms with Crippen molar-refractivity contribution in [2.24, 2.45) is 0 Å². The number of aliphatic hydroxyl groups is 1.